The van der Waals surface area contributed by atoms with E-state index in [0.29, 0.717) is 0 Å². The third-order valence-electron chi connectivity index (χ3n) is 11.9. The first-order valence-electron chi connectivity index (χ1n) is 19.1. The summed E-state index contributed by atoms with van der Waals surface area (Å²) in [5, 5.41) is 7.21. The number of benzene rings is 9. The van der Waals surface area contributed by atoms with Crippen molar-refractivity contribution in [3.8, 4) is 33.4 Å². The number of furan rings is 1. The van der Waals surface area contributed by atoms with Gasteiger partial charge in [0, 0.05) is 33.0 Å². The summed E-state index contributed by atoms with van der Waals surface area (Å²) in [6, 6.07) is 68.4. The van der Waals surface area contributed by atoms with Crippen LogP contribution in [0, 0.1) is 0 Å². The van der Waals surface area contributed by atoms with Gasteiger partial charge in [0.15, 0.2) is 0 Å². The molecule has 0 saturated carbocycles. The average Bonchev–Trinajstić information content (AvgIpc) is 3.73. The fraction of sp³-hybridized carbons (Fsp3) is 0.0566. The summed E-state index contributed by atoms with van der Waals surface area (Å²) < 4.78 is 6.47. The highest BCUT2D eigenvalue weighted by molar-refractivity contribution is 6.22. The average molecular weight is 704 g/mol. The van der Waals surface area contributed by atoms with Gasteiger partial charge in [-0.1, -0.05) is 166 Å². The van der Waals surface area contributed by atoms with E-state index in [-0.39, 0.29) is 5.41 Å². The van der Waals surface area contributed by atoms with Crippen LogP contribution in [0.15, 0.2) is 192 Å². The van der Waals surface area contributed by atoms with E-state index in [1.165, 1.54) is 66.0 Å². The Hall–Kier alpha value is -6.90. The molecule has 260 valence electrons. The van der Waals surface area contributed by atoms with Crippen LogP contribution in [0.2, 0.25) is 0 Å². The summed E-state index contributed by atoms with van der Waals surface area (Å²) in [6.45, 7) is 4.71. The molecule has 55 heavy (non-hydrogen) atoms. The van der Waals surface area contributed by atoms with Crippen molar-refractivity contribution in [2.45, 2.75) is 19.3 Å². The van der Waals surface area contributed by atoms with Crippen LogP contribution in [0.3, 0.4) is 0 Å². The molecule has 2 nitrogen and oxygen atoms in total. The standard InChI is InChI=1S/C53H37NO/c1-53(2)45-24-10-7-21-42(45)52-46(53)25-14-27-48(52)54(47-26-11-8-19-40(47)38-23-13-16-34-15-3-4-17-37(34)38)36-31-29-35(30-32-36)44-33-50-51(41-20-6-5-18-39(41)44)43-22-9-12-28-49(43)55-50/h3-33H,1-2H3. The first kappa shape index (κ1) is 31.6. The van der Waals surface area contributed by atoms with Crippen molar-refractivity contribution in [2.75, 3.05) is 4.90 Å². The zero-order valence-electron chi connectivity index (χ0n) is 30.8. The van der Waals surface area contributed by atoms with E-state index in [0.717, 1.165) is 39.1 Å². The predicted octanol–water partition coefficient (Wildman–Crippen LogP) is 15.0. The van der Waals surface area contributed by atoms with Crippen LogP contribution in [0.1, 0.15) is 25.0 Å². The van der Waals surface area contributed by atoms with Gasteiger partial charge < -0.3 is 9.32 Å². The first-order valence-corrected chi connectivity index (χ1v) is 19.1. The van der Waals surface area contributed by atoms with Crippen LogP contribution >= 0.6 is 0 Å². The molecule has 9 aromatic carbocycles. The number of para-hydroxylation sites is 2. The molecule has 1 aliphatic rings. The summed E-state index contributed by atoms with van der Waals surface area (Å²) in [6.07, 6.45) is 0. The van der Waals surface area contributed by atoms with Gasteiger partial charge in [-0.2, -0.15) is 0 Å². The second-order valence-corrected chi connectivity index (χ2v) is 15.2. The lowest BCUT2D eigenvalue weighted by Gasteiger charge is -2.31. The van der Waals surface area contributed by atoms with Crippen molar-refractivity contribution in [3.63, 3.8) is 0 Å². The minimum atomic E-state index is -0.122. The maximum absolute atomic E-state index is 6.47. The normalized spacial score (nSPS) is 13.1. The number of hydrogen-bond donors (Lipinski definition) is 0. The lowest BCUT2D eigenvalue weighted by Crippen LogP contribution is -2.16. The Balaban J connectivity index is 1.14. The van der Waals surface area contributed by atoms with Gasteiger partial charge in [0.2, 0.25) is 0 Å². The number of fused-ring (bicyclic) bond motifs is 9. The minimum Gasteiger partial charge on any atom is -0.456 e. The quantitative estimate of drug-likeness (QED) is 0.177. The Bertz CT molecular complexity index is 3120. The molecule has 0 aliphatic heterocycles. The number of hydrogen-bond acceptors (Lipinski definition) is 2. The van der Waals surface area contributed by atoms with Crippen LogP contribution in [0.5, 0.6) is 0 Å². The molecule has 11 rings (SSSR count). The molecule has 10 aromatic rings. The van der Waals surface area contributed by atoms with Gasteiger partial charge >= 0.3 is 0 Å². The van der Waals surface area contributed by atoms with Crippen molar-refractivity contribution in [1.29, 1.82) is 0 Å². The predicted molar refractivity (Wildman–Crippen MR) is 232 cm³/mol. The van der Waals surface area contributed by atoms with Crippen LogP contribution in [0.25, 0.3) is 76.9 Å². The molecular weight excluding hydrogens is 667 g/mol. The van der Waals surface area contributed by atoms with E-state index < -0.39 is 0 Å². The summed E-state index contributed by atoms with van der Waals surface area (Å²) >= 11 is 0. The zero-order valence-corrected chi connectivity index (χ0v) is 30.8. The van der Waals surface area contributed by atoms with Crippen molar-refractivity contribution in [3.05, 3.63) is 199 Å². The SMILES string of the molecule is CC1(C)c2ccccc2-c2c(N(c3ccc(-c4cc5oc6ccccc6c5c5ccccc45)cc3)c3ccccc3-c3cccc4ccccc34)cccc21. The van der Waals surface area contributed by atoms with Gasteiger partial charge in [-0.25, -0.2) is 0 Å². The third kappa shape index (κ3) is 4.74. The third-order valence-corrected chi connectivity index (χ3v) is 11.9. The highest BCUT2D eigenvalue weighted by Crippen LogP contribution is 2.55. The Morgan fingerprint density at radius 3 is 1.87 bits per heavy atom. The van der Waals surface area contributed by atoms with Gasteiger partial charge in [-0.15, -0.1) is 0 Å². The molecule has 1 heterocycles. The molecule has 0 fully saturated rings. The van der Waals surface area contributed by atoms with Crippen molar-refractivity contribution in [2.24, 2.45) is 0 Å². The molecule has 0 unspecified atom stereocenters. The summed E-state index contributed by atoms with van der Waals surface area (Å²) in [7, 11) is 0. The maximum Gasteiger partial charge on any atom is 0.136 e. The van der Waals surface area contributed by atoms with E-state index in [4.69, 9.17) is 4.42 Å². The van der Waals surface area contributed by atoms with Gasteiger partial charge in [0.1, 0.15) is 11.2 Å². The zero-order chi connectivity index (χ0) is 36.7. The molecule has 0 radical (unpaired) electrons. The number of nitrogens with zero attached hydrogens (tertiary/aromatic N) is 1. The van der Waals surface area contributed by atoms with E-state index >= 15 is 0 Å². The molecule has 0 N–H and O–H groups in total. The van der Waals surface area contributed by atoms with E-state index in [2.05, 4.69) is 201 Å². The molecule has 0 spiro atoms. The molecule has 1 aliphatic carbocycles. The van der Waals surface area contributed by atoms with Crippen LogP contribution in [0.4, 0.5) is 17.1 Å². The first-order chi connectivity index (χ1) is 27.1. The van der Waals surface area contributed by atoms with Gasteiger partial charge in [0.25, 0.3) is 0 Å². The molecule has 0 saturated heterocycles. The van der Waals surface area contributed by atoms with Crippen molar-refractivity contribution < 1.29 is 4.42 Å². The summed E-state index contributed by atoms with van der Waals surface area (Å²) in [5.41, 5.74) is 15.1. The monoisotopic (exact) mass is 703 g/mol. The van der Waals surface area contributed by atoms with Crippen LogP contribution in [-0.2, 0) is 5.41 Å². The van der Waals surface area contributed by atoms with E-state index in [1.807, 2.05) is 6.07 Å². The highest BCUT2D eigenvalue weighted by atomic mass is 16.3. The molecule has 2 heteroatoms. The van der Waals surface area contributed by atoms with Gasteiger partial charge in [0.05, 0.1) is 11.4 Å². The molecule has 1 aromatic heterocycles. The van der Waals surface area contributed by atoms with E-state index in [1.54, 1.807) is 0 Å². The molecule has 0 bridgehead atoms. The maximum atomic E-state index is 6.47. The van der Waals surface area contributed by atoms with Crippen molar-refractivity contribution in [1.82, 2.24) is 0 Å². The van der Waals surface area contributed by atoms with Crippen molar-refractivity contribution >= 4 is 60.5 Å². The largest absolute Gasteiger partial charge is 0.456 e. The summed E-state index contributed by atoms with van der Waals surface area (Å²) in [5.74, 6) is 0. The van der Waals surface area contributed by atoms with Gasteiger partial charge in [-0.05, 0) is 91.3 Å². The highest BCUT2D eigenvalue weighted by Gasteiger charge is 2.38. The van der Waals surface area contributed by atoms with Crippen LogP contribution in [-0.4, -0.2) is 0 Å². The van der Waals surface area contributed by atoms with Crippen LogP contribution < -0.4 is 4.90 Å². The van der Waals surface area contributed by atoms with E-state index in [9.17, 15) is 0 Å². The Labute approximate surface area is 320 Å². The fourth-order valence-corrected chi connectivity index (χ4v) is 9.30. The molecular formula is C53H37NO. The fourth-order valence-electron chi connectivity index (χ4n) is 9.30. The molecule has 0 amide bonds. The molecule has 0 atom stereocenters. The Kier molecular flexibility index (Phi) is 6.93. The minimum absolute atomic E-state index is 0.122. The second-order valence-electron chi connectivity index (χ2n) is 15.2. The smallest absolute Gasteiger partial charge is 0.136 e. The van der Waals surface area contributed by atoms with Gasteiger partial charge in [-0.3, -0.25) is 0 Å². The lowest BCUT2D eigenvalue weighted by molar-refractivity contribution is 0.660. The number of rotatable bonds is 5. The number of anilines is 3. The second kappa shape index (κ2) is 12.1. The Morgan fingerprint density at radius 1 is 0.418 bits per heavy atom. The Morgan fingerprint density at radius 2 is 1.02 bits per heavy atom. The topological polar surface area (TPSA) is 16.4 Å². The summed E-state index contributed by atoms with van der Waals surface area (Å²) in [4.78, 5) is 2.48. The lowest BCUT2D eigenvalue weighted by atomic mass is 9.82.